The van der Waals surface area contributed by atoms with Crippen molar-refractivity contribution >= 4 is 23.2 Å². The third kappa shape index (κ3) is 2.86. The average Bonchev–Trinajstić information content (AvgIpc) is 2.34. The van der Waals surface area contributed by atoms with Crippen LogP contribution in [-0.4, -0.2) is 36.2 Å². The Labute approximate surface area is 111 Å². The Morgan fingerprint density at radius 1 is 1.29 bits per heavy atom. The fourth-order valence-corrected chi connectivity index (χ4v) is 2.68. The highest BCUT2D eigenvalue weighted by atomic mass is 35.5. The van der Waals surface area contributed by atoms with Crippen LogP contribution in [-0.2, 0) is 0 Å². The standard InChI is InChI=1S/C12H16Cl2N2O/c1-8(16-4-2-15-3-5-16)10-6-9(13)7-11(14)12(10)17/h6-8,15,17H,2-5H2,1H3/t8-/m1/s1. The zero-order valence-corrected chi connectivity index (χ0v) is 11.2. The van der Waals surface area contributed by atoms with Gasteiger partial charge in [0.2, 0.25) is 0 Å². The summed E-state index contributed by atoms with van der Waals surface area (Å²) in [7, 11) is 0. The van der Waals surface area contributed by atoms with Gasteiger partial charge in [-0.3, -0.25) is 4.90 Å². The zero-order chi connectivity index (χ0) is 12.4. The number of rotatable bonds is 2. The summed E-state index contributed by atoms with van der Waals surface area (Å²) in [6, 6.07) is 3.47. The molecule has 1 atom stereocenters. The van der Waals surface area contributed by atoms with Gasteiger partial charge in [-0.25, -0.2) is 0 Å². The van der Waals surface area contributed by atoms with E-state index in [2.05, 4.69) is 17.1 Å². The maximum absolute atomic E-state index is 9.99. The van der Waals surface area contributed by atoms with Gasteiger partial charge < -0.3 is 10.4 Å². The highest BCUT2D eigenvalue weighted by Crippen LogP contribution is 2.36. The topological polar surface area (TPSA) is 35.5 Å². The Hall–Kier alpha value is -0.480. The van der Waals surface area contributed by atoms with E-state index >= 15 is 0 Å². The number of benzene rings is 1. The van der Waals surface area contributed by atoms with E-state index in [0.29, 0.717) is 10.0 Å². The van der Waals surface area contributed by atoms with Crippen LogP contribution >= 0.6 is 23.2 Å². The molecule has 0 spiro atoms. The van der Waals surface area contributed by atoms with E-state index in [1.165, 1.54) is 0 Å². The minimum atomic E-state index is 0.119. The van der Waals surface area contributed by atoms with E-state index in [0.717, 1.165) is 31.7 Å². The van der Waals surface area contributed by atoms with Gasteiger partial charge in [0.25, 0.3) is 0 Å². The molecule has 0 bridgehead atoms. The summed E-state index contributed by atoms with van der Waals surface area (Å²) >= 11 is 11.9. The van der Waals surface area contributed by atoms with Crippen LogP contribution in [0.1, 0.15) is 18.5 Å². The monoisotopic (exact) mass is 274 g/mol. The normalized spacial score (nSPS) is 19.2. The van der Waals surface area contributed by atoms with Gasteiger partial charge in [0.05, 0.1) is 5.02 Å². The number of aromatic hydroxyl groups is 1. The van der Waals surface area contributed by atoms with Gasteiger partial charge in [0, 0.05) is 42.8 Å². The van der Waals surface area contributed by atoms with Crippen LogP contribution in [0.15, 0.2) is 12.1 Å². The lowest BCUT2D eigenvalue weighted by molar-refractivity contribution is 0.183. The molecule has 2 N–H and O–H groups in total. The largest absolute Gasteiger partial charge is 0.506 e. The maximum atomic E-state index is 9.99. The van der Waals surface area contributed by atoms with Crippen LogP contribution < -0.4 is 5.32 Å². The number of halogens is 2. The summed E-state index contributed by atoms with van der Waals surface area (Å²) < 4.78 is 0. The van der Waals surface area contributed by atoms with E-state index < -0.39 is 0 Å². The molecule has 17 heavy (non-hydrogen) atoms. The van der Waals surface area contributed by atoms with E-state index in [-0.39, 0.29) is 11.8 Å². The lowest BCUT2D eigenvalue weighted by Gasteiger charge is -2.33. The minimum absolute atomic E-state index is 0.119. The van der Waals surface area contributed by atoms with Gasteiger partial charge in [-0.1, -0.05) is 23.2 Å². The van der Waals surface area contributed by atoms with Crippen LogP contribution in [0.3, 0.4) is 0 Å². The molecule has 94 valence electrons. The summed E-state index contributed by atoms with van der Waals surface area (Å²) in [6.45, 7) is 5.93. The molecular formula is C12H16Cl2N2O. The Morgan fingerprint density at radius 3 is 2.59 bits per heavy atom. The van der Waals surface area contributed by atoms with Crippen molar-refractivity contribution in [1.29, 1.82) is 0 Å². The van der Waals surface area contributed by atoms with Crippen molar-refractivity contribution in [2.45, 2.75) is 13.0 Å². The molecular weight excluding hydrogens is 259 g/mol. The summed E-state index contributed by atoms with van der Waals surface area (Å²) in [5.74, 6) is 0.141. The predicted octanol–water partition coefficient (Wildman–Crippen LogP) is 2.67. The van der Waals surface area contributed by atoms with Gasteiger partial charge >= 0.3 is 0 Å². The van der Waals surface area contributed by atoms with Crippen molar-refractivity contribution < 1.29 is 5.11 Å². The molecule has 0 amide bonds. The molecule has 1 fully saturated rings. The number of hydrogen-bond donors (Lipinski definition) is 2. The molecule has 1 aromatic carbocycles. The van der Waals surface area contributed by atoms with Crippen LogP contribution in [0.2, 0.25) is 10.0 Å². The Kier molecular flexibility index (Phi) is 4.15. The Morgan fingerprint density at radius 2 is 1.94 bits per heavy atom. The zero-order valence-electron chi connectivity index (χ0n) is 9.71. The molecule has 5 heteroatoms. The van der Waals surface area contributed by atoms with E-state index in [1.54, 1.807) is 12.1 Å². The average molecular weight is 275 g/mol. The molecule has 1 aromatic rings. The Balaban J connectivity index is 2.26. The fourth-order valence-electron chi connectivity index (χ4n) is 2.17. The van der Waals surface area contributed by atoms with Crippen molar-refractivity contribution in [2.75, 3.05) is 26.2 Å². The summed E-state index contributed by atoms with van der Waals surface area (Å²) in [5.41, 5.74) is 0.796. The van der Waals surface area contributed by atoms with E-state index in [4.69, 9.17) is 23.2 Å². The minimum Gasteiger partial charge on any atom is -0.506 e. The third-order valence-corrected chi connectivity index (χ3v) is 3.71. The molecule has 3 nitrogen and oxygen atoms in total. The second kappa shape index (κ2) is 5.44. The highest BCUT2D eigenvalue weighted by Gasteiger charge is 2.21. The molecule has 0 aromatic heterocycles. The van der Waals surface area contributed by atoms with Gasteiger partial charge in [-0.05, 0) is 19.1 Å². The third-order valence-electron chi connectivity index (χ3n) is 3.21. The highest BCUT2D eigenvalue weighted by molar-refractivity contribution is 6.35. The van der Waals surface area contributed by atoms with E-state index in [1.807, 2.05) is 0 Å². The summed E-state index contributed by atoms with van der Waals surface area (Å²) in [6.07, 6.45) is 0. The van der Waals surface area contributed by atoms with Crippen molar-refractivity contribution in [3.8, 4) is 5.75 Å². The number of phenols is 1. The van der Waals surface area contributed by atoms with Crippen molar-refractivity contribution in [3.63, 3.8) is 0 Å². The first-order valence-corrected chi connectivity index (χ1v) is 6.48. The molecule has 1 saturated heterocycles. The van der Waals surface area contributed by atoms with Crippen LogP contribution in [0.4, 0.5) is 0 Å². The number of nitrogens with one attached hydrogen (secondary N) is 1. The first kappa shape index (κ1) is 13.0. The van der Waals surface area contributed by atoms with Crippen LogP contribution in [0.25, 0.3) is 0 Å². The van der Waals surface area contributed by atoms with Crippen molar-refractivity contribution in [1.82, 2.24) is 10.2 Å². The smallest absolute Gasteiger partial charge is 0.139 e. The van der Waals surface area contributed by atoms with Crippen LogP contribution in [0, 0.1) is 0 Å². The van der Waals surface area contributed by atoms with Crippen molar-refractivity contribution in [2.24, 2.45) is 0 Å². The summed E-state index contributed by atoms with van der Waals surface area (Å²) in [5, 5.41) is 14.2. The molecule has 0 radical (unpaired) electrons. The Bertz CT molecular complexity index is 406. The molecule has 2 rings (SSSR count). The van der Waals surface area contributed by atoms with Crippen LogP contribution in [0.5, 0.6) is 5.75 Å². The molecule has 1 heterocycles. The van der Waals surface area contributed by atoms with Crippen molar-refractivity contribution in [3.05, 3.63) is 27.7 Å². The lowest BCUT2D eigenvalue weighted by Crippen LogP contribution is -2.44. The number of phenolic OH excluding ortho intramolecular Hbond substituents is 1. The molecule has 0 saturated carbocycles. The van der Waals surface area contributed by atoms with Gasteiger partial charge in [0.15, 0.2) is 0 Å². The quantitative estimate of drug-likeness (QED) is 0.871. The van der Waals surface area contributed by atoms with E-state index in [9.17, 15) is 5.11 Å². The van der Waals surface area contributed by atoms with Gasteiger partial charge in [0.1, 0.15) is 5.75 Å². The maximum Gasteiger partial charge on any atom is 0.139 e. The molecule has 1 aliphatic rings. The molecule has 1 aliphatic heterocycles. The first-order valence-electron chi connectivity index (χ1n) is 5.72. The second-order valence-corrected chi connectivity index (χ2v) is 5.13. The van der Waals surface area contributed by atoms with Gasteiger partial charge in [-0.2, -0.15) is 0 Å². The predicted molar refractivity (Wildman–Crippen MR) is 71.0 cm³/mol. The molecule has 0 aliphatic carbocycles. The second-order valence-electron chi connectivity index (χ2n) is 4.29. The molecule has 0 unspecified atom stereocenters. The van der Waals surface area contributed by atoms with Gasteiger partial charge in [-0.15, -0.1) is 0 Å². The lowest BCUT2D eigenvalue weighted by atomic mass is 10.0. The number of nitrogens with zero attached hydrogens (tertiary/aromatic N) is 1. The SMILES string of the molecule is C[C@H](c1cc(Cl)cc(Cl)c1O)N1CCNCC1. The number of piperazine rings is 1. The first-order chi connectivity index (χ1) is 8.09. The summed E-state index contributed by atoms with van der Waals surface area (Å²) in [4.78, 5) is 2.30. The fraction of sp³-hybridized carbons (Fsp3) is 0.500. The number of hydrogen-bond acceptors (Lipinski definition) is 3.